The van der Waals surface area contributed by atoms with Crippen molar-refractivity contribution in [2.45, 2.75) is 40.0 Å². The molecule has 19 heavy (non-hydrogen) atoms. The molecule has 0 heterocycles. The first kappa shape index (κ1) is 15.7. The second kappa shape index (κ2) is 7.30. The Morgan fingerprint density at radius 1 is 1.11 bits per heavy atom. The lowest BCUT2D eigenvalue weighted by Gasteiger charge is -2.30. The van der Waals surface area contributed by atoms with Gasteiger partial charge in [-0.15, -0.1) is 0 Å². The maximum Gasteiger partial charge on any atom is 0.137 e. The van der Waals surface area contributed by atoms with Gasteiger partial charge in [-0.05, 0) is 25.5 Å². The second-order valence-electron chi connectivity index (χ2n) is 5.60. The molecule has 1 aromatic rings. The van der Waals surface area contributed by atoms with Gasteiger partial charge < -0.3 is 0 Å². The minimum Gasteiger partial charge on any atom is -0.267 e. The smallest absolute Gasteiger partial charge is 0.137 e. The van der Waals surface area contributed by atoms with Gasteiger partial charge in [0.15, 0.2) is 0 Å². The fourth-order valence-electron chi connectivity index (χ4n) is 2.14. The van der Waals surface area contributed by atoms with Gasteiger partial charge in [-0.3, -0.25) is 4.48 Å². The molecule has 0 saturated carbocycles. The number of allylic oxidation sites excluding steroid dienone is 4. The molecular weight excluding hydrogens is 230 g/mol. The standard InChI is InChI=1S/C18H28N/c1-6-7-8-10-13-16(2)17(3)19(4,5)18-14-11-9-12-15-18/h9-15H,6-8H2,1-5H3/q+1/b13-10+,17-16+. The molecule has 1 rings (SSSR count). The predicted octanol–water partition coefficient (Wildman–Crippen LogP) is 5.29. The van der Waals surface area contributed by atoms with E-state index in [0.29, 0.717) is 0 Å². The molecule has 0 bridgehead atoms. The molecule has 0 fully saturated rings. The zero-order valence-electron chi connectivity index (χ0n) is 13.1. The van der Waals surface area contributed by atoms with Gasteiger partial charge in [0.2, 0.25) is 0 Å². The number of para-hydroxylation sites is 1. The number of unbranched alkanes of at least 4 members (excludes halogenated alkanes) is 2. The van der Waals surface area contributed by atoms with Gasteiger partial charge in [0.25, 0.3) is 0 Å². The van der Waals surface area contributed by atoms with Crippen molar-refractivity contribution in [1.82, 2.24) is 4.48 Å². The lowest BCUT2D eigenvalue weighted by molar-refractivity contribution is 0.490. The van der Waals surface area contributed by atoms with E-state index in [2.05, 4.69) is 77.4 Å². The number of nitrogens with zero attached hydrogens (tertiary/aromatic N) is 1. The van der Waals surface area contributed by atoms with Crippen LogP contribution < -0.4 is 4.48 Å². The van der Waals surface area contributed by atoms with Gasteiger partial charge in [0.1, 0.15) is 11.4 Å². The maximum absolute atomic E-state index is 2.30. The highest BCUT2D eigenvalue weighted by Gasteiger charge is 2.22. The molecule has 0 amide bonds. The third-order valence-electron chi connectivity index (χ3n) is 3.90. The Morgan fingerprint density at radius 3 is 2.32 bits per heavy atom. The average molecular weight is 258 g/mol. The van der Waals surface area contributed by atoms with Gasteiger partial charge in [-0.2, -0.15) is 0 Å². The van der Waals surface area contributed by atoms with E-state index >= 15 is 0 Å². The van der Waals surface area contributed by atoms with Crippen LogP contribution in [0.5, 0.6) is 0 Å². The lowest BCUT2D eigenvalue weighted by atomic mass is 10.1. The molecule has 0 aliphatic rings. The van der Waals surface area contributed by atoms with E-state index in [4.69, 9.17) is 0 Å². The SMILES string of the molecule is CCCC/C=C/C(C)=C(\C)[N+](C)(C)c1ccccc1. The summed E-state index contributed by atoms with van der Waals surface area (Å²) in [6.07, 6.45) is 8.29. The third kappa shape index (κ3) is 4.36. The monoisotopic (exact) mass is 258 g/mol. The molecule has 0 atom stereocenters. The molecule has 0 unspecified atom stereocenters. The number of quaternary nitrogens is 1. The number of hydrogen-bond acceptors (Lipinski definition) is 0. The summed E-state index contributed by atoms with van der Waals surface area (Å²) in [5.41, 5.74) is 4.07. The summed E-state index contributed by atoms with van der Waals surface area (Å²) in [5.74, 6) is 0. The summed E-state index contributed by atoms with van der Waals surface area (Å²) in [5, 5.41) is 0. The van der Waals surface area contributed by atoms with Crippen LogP contribution in [-0.4, -0.2) is 14.1 Å². The van der Waals surface area contributed by atoms with Crippen LogP contribution in [0.2, 0.25) is 0 Å². The van der Waals surface area contributed by atoms with Crippen molar-refractivity contribution < 1.29 is 0 Å². The van der Waals surface area contributed by atoms with E-state index in [1.807, 2.05) is 0 Å². The van der Waals surface area contributed by atoms with Gasteiger partial charge in [0, 0.05) is 12.5 Å². The quantitative estimate of drug-likeness (QED) is 0.369. The van der Waals surface area contributed by atoms with Crippen LogP contribution in [-0.2, 0) is 0 Å². The highest BCUT2D eigenvalue weighted by Crippen LogP contribution is 2.26. The first-order valence-electron chi connectivity index (χ1n) is 7.24. The lowest BCUT2D eigenvalue weighted by Crippen LogP contribution is -2.38. The molecule has 0 aliphatic heterocycles. The second-order valence-corrected chi connectivity index (χ2v) is 5.60. The number of hydrogen-bond donors (Lipinski definition) is 0. The molecule has 1 aromatic carbocycles. The molecule has 104 valence electrons. The molecule has 1 heteroatoms. The van der Waals surface area contributed by atoms with E-state index in [1.165, 1.54) is 36.2 Å². The Morgan fingerprint density at radius 2 is 1.74 bits per heavy atom. The minimum atomic E-state index is 0.810. The molecule has 0 aromatic heterocycles. The molecule has 0 N–H and O–H groups in total. The summed E-state index contributed by atoms with van der Waals surface area (Å²) < 4.78 is 0.810. The highest BCUT2D eigenvalue weighted by molar-refractivity contribution is 5.47. The first-order chi connectivity index (χ1) is 9.00. The Kier molecular flexibility index (Phi) is 6.04. The van der Waals surface area contributed by atoms with Crippen LogP contribution in [0.4, 0.5) is 5.69 Å². The van der Waals surface area contributed by atoms with Crippen LogP contribution in [0.15, 0.2) is 53.8 Å². The van der Waals surface area contributed by atoms with E-state index < -0.39 is 0 Å². The van der Waals surface area contributed by atoms with Gasteiger partial charge in [-0.25, -0.2) is 0 Å². The number of rotatable bonds is 6. The van der Waals surface area contributed by atoms with Crippen LogP contribution in [0.1, 0.15) is 40.0 Å². The fourth-order valence-corrected chi connectivity index (χ4v) is 2.14. The van der Waals surface area contributed by atoms with Crippen molar-refractivity contribution in [2.75, 3.05) is 14.1 Å². The molecule has 1 nitrogen and oxygen atoms in total. The minimum absolute atomic E-state index is 0.810. The van der Waals surface area contributed by atoms with Crippen molar-refractivity contribution in [3.05, 3.63) is 53.8 Å². The molecule has 0 radical (unpaired) electrons. The van der Waals surface area contributed by atoms with E-state index in [9.17, 15) is 0 Å². The molecule has 0 spiro atoms. The predicted molar refractivity (Wildman–Crippen MR) is 87.1 cm³/mol. The van der Waals surface area contributed by atoms with Crippen molar-refractivity contribution >= 4 is 5.69 Å². The number of benzene rings is 1. The Balaban J connectivity index is 2.90. The maximum atomic E-state index is 2.30. The highest BCUT2D eigenvalue weighted by atomic mass is 15.3. The zero-order valence-corrected chi connectivity index (χ0v) is 13.1. The van der Waals surface area contributed by atoms with Gasteiger partial charge in [0.05, 0.1) is 14.1 Å². The van der Waals surface area contributed by atoms with Gasteiger partial charge >= 0.3 is 0 Å². The van der Waals surface area contributed by atoms with Crippen LogP contribution in [0.3, 0.4) is 0 Å². The van der Waals surface area contributed by atoms with E-state index in [-0.39, 0.29) is 0 Å². The summed E-state index contributed by atoms with van der Waals surface area (Å²) >= 11 is 0. The van der Waals surface area contributed by atoms with Gasteiger partial charge in [-0.1, -0.05) is 50.1 Å². The first-order valence-corrected chi connectivity index (χ1v) is 7.24. The van der Waals surface area contributed by atoms with Crippen LogP contribution >= 0.6 is 0 Å². The summed E-state index contributed by atoms with van der Waals surface area (Å²) in [7, 11) is 4.49. The summed E-state index contributed by atoms with van der Waals surface area (Å²) in [6.45, 7) is 6.67. The van der Waals surface area contributed by atoms with Crippen molar-refractivity contribution in [3.63, 3.8) is 0 Å². The van der Waals surface area contributed by atoms with Crippen LogP contribution in [0.25, 0.3) is 0 Å². The summed E-state index contributed by atoms with van der Waals surface area (Å²) in [6, 6.07) is 10.7. The Labute approximate surface area is 118 Å². The van der Waals surface area contributed by atoms with Crippen molar-refractivity contribution in [1.29, 1.82) is 0 Å². The zero-order chi connectivity index (χ0) is 14.3. The normalized spacial score (nSPS) is 13.7. The third-order valence-corrected chi connectivity index (χ3v) is 3.90. The average Bonchev–Trinajstić information content (AvgIpc) is 2.43. The van der Waals surface area contributed by atoms with Crippen molar-refractivity contribution in [2.24, 2.45) is 0 Å². The largest absolute Gasteiger partial charge is 0.267 e. The van der Waals surface area contributed by atoms with E-state index in [0.717, 1.165) is 4.48 Å². The Bertz CT molecular complexity index is 438. The van der Waals surface area contributed by atoms with E-state index in [1.54, 1.807) is 0 Å². The van der Waals surface area contributed by atoms with Crippen LogP contribution in [0, 0.1) is 0 Å². The summed E-state index contributed by atoms with van der Waals surface area (Å²) in [4.78, 5) is 0. The Hall–Kier alpha value is -1.34. The van der Waals surface area contributed by atoms with Crippen molar-refractivity contribution in [3.8, 4) is 0 Å². The molecular formula is C18H28N+. The molecule has 0 aliphatic carbocycles. The molecule has 0 saturated heterocycles. The topological polar surface area (TPSA) is 0 Å². The fraction of sp³-hybridized carbons (Fsp3) is 0.444.